The summed E-state index contributed by atoms with van der Waals surface area (Å²) in [5, 5.41) is 38.0. The van der Waals surface area contributed by atoms with Crippen LogP contribution in [0.4, 0.5) is 0 Å². The Kier molecular flexibility index (Phi) is 4.93. The molecule has 1 aliphatic heterocycles. The summed E-state index contributed by atoms with van der Waals surface area (Å²) in [5.74, 6) is -0.503. The van der Waals surface area contributed by atoms with E-state index in [0.717, 1.165) is 0 Å². The minimum atomic E-state index is -1.52. The van der Waals surface area contributed by atoms with Crippen molar-refractivity contribution in [3.8, 4) is 0 Å². The van der Waals surface area contributed by atoms with Crippen molar-refractivity contribution in [1.29, 1.82) is 0 Å². The standard InChI is InChI=1S/C12H17NO8/c13-11(18)6-2-1-5(20-6)4-19-12-10(17)9(16)8(15)7(3-14)21-12/h1-2,7-10,12,14-17H,3-4H2,(H2,13,18)/t7-,8-,9+,10-,12+/m1/s1. The lowest BCUT2D eigenvalue weighted by molar-refractivity contribution is -0.304. The predicted octanol–water partition coefficient (Wildman–Crippen LogP) is -2.30. The summed E-state index contributed by atoms with van der Waals surface area (Å²) >= 11 is 0. The molecule has 118 valence electrons. The number of aliphatic hydroxyl groups is 4. The molecule has 1 saturated heterocycles. The second-order valence-corrected chi connectivity index (χ2v) is 4.64. The monoisotopic (exact) mass is 303 g/mol. The van der Waals surface area contributed by atoms with Crippen LogP contribution in [-0.4, -0.2) is 63.6 Å². The van der Waals surface area contributed by atoms with Gasteiger partial charge in [0.2, 0.25) is 0 Å². The fraction of sp³-hybridized carbons (Fsp3) is 0.583. The Morgan fingerprint density at radius 3 is 2.52 bits per heavy atom. The SMILES string of the molecule is NC(=O)c1ccc(CO[C@H]2O[C@H](CO)[C@@H](O)[C@H](O)[C@H]2O)o1. The van der Waals surface area contributed by atoms with Crippen LogP contribution in [0, 0.1) is 0 Å². The van der Waals surface area contributed by atoms with E-state index >= 15 is 0 Å². The first-order valence-electron chi connectivity index (χ1n) is 6.24. The minimum absolute atomic E-state index is 0.0394. The van der Waals surface area contributed by atoms with E-state index in [1.54, 1.807) is 0 Å². The lowest BCUT2D eigenvalue weighted by Crippen LogP contribution is -2.59. The van der Waals surface area contributed by atoms with Gasteiger partial charge in [0.15, 0.2) is 12.1 Å². The zero-order chi connectivity index (χ0) is 15.6. The number of amides is 1. The summed E-state index contributed by atoms with van der Waals surface area (Å²) in [6, 6.07) is 2.83. The second kappa shape index (κ2) is 6.52. The number of carbonyl (C=O) groups excluding carboxylic acids is 1. The van der Waals surface area contributed by atoms with Crippen LogP contribution in [0.15, 0.2) is 16.5 Å². The Morgan fingerprint density at radius 1 is 1.24 bits per heavy atom. The van der Waals surface area contributed by atoms with E-state index in [9.17, 15) is 20.1 Å². The van der Waals surface area contributed by atoms with Crippen molar-refractivity contribution in [1.82, 2.24) is 0 Å². The van der Waals surface area contributed by atoms with Crippen LogP contribution in [0.2, 0.25) is 0 Å². The number of primary amides is 1. The molecule has 1 aliphatic rings. The minimum Gasteiger partial charge on any atom is -0.453 e. The Bertz CT molecular complexity index is 487. The van der Waals surface area contributed by atoms with Crippen molar-refractivity contribution in [3.63, 3.8) is 0 Å². The summed E-state index contributed by atoms with van der Waals surface area (Å²) in [6.07, 6.45) is -6.77. The van der Waals surface area contributed by atoms with Crippen LogP contribution in [0.1, 0.15) is 16.3 Å². The first-order chi connectivity index (χ1) is 9.93. The van der Waals surface area contributed by atoms with Crippen LogP contribution in [0.25, 0.3) is 0 Å². The molecular weight excluding hydrogens is 286 g/mol. The summed E-state index contributed by atoms with van der Waals surface area (Å²) in [6.45, 7) is -0.701. The third-order valence-electron chi connectivity index (χ3n) is 3.14. The van der Waals surface area contributed by atoms with Gasteiger partial charge in [-0.05, 0) is 12.1 Å². The summed E-state index contributed by atoms with van der Waals surface area (Å²) in [4.78, 5) is 10.9. The molecule has 0 saturated carbocycles. The van der Waals surface area contributed by atoms with Crippen molar-refractivity contribution < 1.29 is 39.1 Å². The number of aliphatic hydroxyl groups excluding tert-OH is 4. The van der Waals surface area contributed by atoms with Crippen LogP contribution in [0.3, 0.4) is 0 Å². The smallest absolute Gasteiger partial charge is 0.284 e. The van der Waals surface area contributed by atoms with Gasteiger partial charge in [-0.1, -0.05) is 0 Å². The molecule has 0 unspecified atom stereocenters. The number of furan rings is 1. The normalized spacial score (nSPS) is 33.0. The Balaban J connectivity index is 1.96. The van der Waals surface area contributed by atoms with Gasteiger partial charge in [0, 0.05) is 0 Å². The van der Waals surface area contributed by atoms with Crippen LogP contribution in [-0.2, 0) is 16.1 Å². The highest BCUT2D eigenvalue weighted by Gasteiger charge is 2.44. The van der Waals surface area contributed by atoms with E-state index in [1.807, 2.05) is 0 Å². The third-order valence-corrected chi connectivity index (χ3v) is 3.14. The molecule has 0 bridgehead atoms. The van der Waals surface area contributed by atoms with Crippen LogP contribution in [0.5, 0.6) is 0 Å². The summed E-state index contributed by atoms with van der Waals surface area (Å²) < 4.78 is 15.4. The lowest BCUT2D eigenvalue weighted by Gasteiger charge is -2.39. The fourth-order valence-electron chi connectivity index (χ4n) is 1.96. The molecule has 0 aliphatic carbocycles. The van der Waals surface area contributed by atoms with E-state index in [2.05, 4.69) is 0 Å². The molecule has 0 aromatic carbocycles. The molecule has 1 fully saturated rings. The highest BCUT2D eigenvalue weighted by Crippen LogP contribution is 2.23. The predicted molar refractivity (Wildman–Crippen MR) is 65.8 cm³/mol. The maximum absolute atomic E-state index is 10.9. The molecular formula is C12H17NO8. The van der Waals surface area contributed by atoms with E-state index in [-0.39, 0.29) is 18.1 Å². The molecule has 2 heterocycles. The number of rotatable bonds is 5. The number of nitrogens with two attached hydrogens (primary N) is 1. The quantitative estimate of drug-likeness (QED) is 0.406. The van der Waals surface area contributed by atoms with Gasteiger partial charge in [-0.25, -0.2) is 0 Å². The van der Waals surface area contributed by atoms with Gasteiger partial charge in [-0.15, -0.1) is 0 Å². The van der Waals surface area contributed by atoms with Gasteiger partial charge in [-0.3, -0.25) is 4.79 Å². The maximum Gasteiger partial charge on any atom is 0.284 e. The zero-order valence-electron chi connectivity index (χ0n) is 11.0. The average Bonchev–Trinajstić information content (AvgIpc) is 2.93. The highest BCUT2D eigenvalue weighted by atomic mass is 16.7. The fourth-order valence-corrected chi connectivity index (χ4v) is 1.96. The molecule has 2 rings (SSSR count). The van der Waals surface area contributed by atoms with Gasteiger partial charge in [0.25, 0.3) is 5.91 Å². The van der Waals surface area contributed by atoms with Crippen molar-refractivity contribution in [3.05, 3.63) is 23.7 Å². The van der Waals surface area contributed by atoms with Gasteiger partial charge >= 0.3 is 0 Å². The molecule has 0 spiro atoms. The van der Waals surface area contributed by atoms with Crippen molar-refractivity contribution >= 4 is 5.91 Å². The lowest BCUT2D eigenvalue weighted by atomic mass is 9.99. The first-order valence-corrected chi connectivity index (χ1v) is 6.24. The van der Waals surface area contributed by atoms with E-state index < -0.39 is 43.2 Å². The van der Waals surface area contributed by atoms with Crippen molar-refractivity contribution in [2.75, 3.05) is 6.61 Å². The zero-order valence-corrected chi connectivity index (χ0v) is 11.0. The van der Waals surface area contributed by atoms with Crippen molar-refractivity contribution in [2.45, 2.75) is 37.3 Å². The van der Waals surface area contributed by atoms with Crippen LogP contribution < -0.4 is 5.73 Å². The first kappa shape index (κ1) is 15.9. The number of hydrogen-bond donors (Lipinski definition) is 5. The van der Waals surface area contributed by atoms with Gasteiger partial charge < -0.3 is 40.1 Å². The van der Waals surface area contributed by atoms with Crippen molar-refractivity contribution in [2.24, 2.45) is 5.73 Å². The van der Waals surface area contributed by atoms with Crippen LogP contribution >= 0.6 is 0 Å². The van der Waals surface area contributed by atoms with E-state index in [4.69, 9.17) is 24.7 Å². The summed E-state index contributed by atoms with van der Waals surface area (Å²) in [7, 11) is 0. The maximum atomic E-state index is 10.9. The summed E-state index contributed by atoms with van der Waals surface area (Å²) in [5.41, 5.74) is 5.03. The molecule has 9 nitrogen and oxygen atoms in total. The molecule has 5 atom stereocenters. The van der Waals surface area contributed by atoms with Gasteiger partial charge in [-0.2, -0.15) is 0 Å². The molecule has 6 N–H and O–H groups in total. The number of ether oxygens (including phenoxy) is 2. The number of carbonyl (C=O) groups is 1. The average molecular weight is 303 g/mol. The van der Waals surface area contributed by atoms with Gasteiger partial charge in [0.05, 0.1) is 6.61 Å². The largest absolute Gasteiger partial charge is 0.453 e. The molecule has 1 aromatic heterocycles. The second-order valence-electron chi connectivity index (χ2n) is 4.64. The Labute approximate surface area is 119 Å². The molecule has 1 aromatic rings. The van der Waals surface area contributed by atoms with E-state index in [0.29, 0.717) is 0 Å². The molecule has 21 heavy (non-hydrogen) atoms. The Morgan fingerprint density at radius 2 is 1.95 bits per heavy atom. The molecule has 0 radical (unpaired) electrons. The van der Waals surface area contributed by atoms with E-state index in [1.165, 1.54) is 12.1 Å². The molecule has 1 amide bonds. The van der Waals surface area contributed by atoms with Gasteiger partial charge in [0.1, 0.15) is 36.8 Å². The topological polar surface area (TPSA) is 156 Å². The molecule has 9 heteroatoms. The highest BCUT2D eigenvalue weighted by molar-refractivity contribution is 5.89. The third kappa shape index (κ3) is 3.40. The number of hydrogen-bond acceptors (Lipinski definition) is 8. The Hall–Kier alpha value is -1.49.